The Morgan fingerprint density at radius 2 is 1.91 bits per heavy atom. The molecule has 118 valence electrons. The van der Waals surface area contributed by atoms with Crippen molar-refractivity contribution in [2.45, 2.75) is 13.2 Å². The van der Waals surface area contributed by atoms with E-state index in [4.69, 9.17) is 9.47 Å². The van der Waals surface area contributed by atoms with Crippen LogP contribution < -0.4 is 14.8 Å². The van der Waals surface area contributed by atoms with Gasteiger partial charge in [-0.3, -0.25) is 0 Å². The Labute approximate surface area is 139 Å². The van der Waals surface area contributed by atoms with Crippen LogP contribution in [0.3, 0.4) is 0 Å². The molecule has 4 nitrogen and oxygen atoms in total. The maximum Gasteiger partial charge on any atom is 0.182 e. The molecule has 0 radical (unpaired) electrons. The molecule has 0 amide bonds. The average Bonchev–Trinajstić information content (AvgIpc) is 3.13. The lowest BCUT2D eigenvalue weighted by molar-refractivity contribution is 0.284. The second kappa shape index (κ2) is 7.65. The zero-order valence-electron chi connectivity index (χ0n) is 12.9. The topological polar surface area (TPSA) is 43.4 Å². The molecular weight excluding hydrogens is 308 g/mol. The van der Waals surface area contributed by atoms with Crippen molar-refractivity contribution in [3.63, 3.8) is 0 Å². The third-order valence-electron chi connectivity index (χ3n) is 3.34. The summed E-state index contributed by atoms with van der Waals surface area (Å²) in [6, 6.07) is 16.0. The second-order valence-corrected chi connectivity index (χ2v) is 5.84. The van der Waals surface area contributed by atoms with Crippen molar-refractivity contribution in [1.82, 2.24) is 4.98 Å². The average molecular weight is 326 g/mol. The van der Waals surface area contributed by atoms with Crippen LogP contribution in [0.5, 0.6) is 11.5 Å². The van der Waals surface area contributed by atoms with Gasteiger partial charge < -0.3 is 14.8 Å². The molecule has 3 aromatic rings. The molecule has 0 aliphatic rings. The molecule has 0 saturated heterocycles. The highest BCUT2D eigenvalue weighted by molar-refractivity contribution is 7.13. The van der Waals surface area contributed by atoms with Crippen molar-refractivity contribution >= 4 is 16.5 Å². The van der Waals surface area contributed by atoms with Crippen molar-refractivity contribution in [3.05, 3.63) is 71.2 Å². The van der Waals surface area contributed by atoms with E-state index in [9.17, 15) is 0 Å². The summed E-state index contributed by atoms with van der Waals surface area (Å²) in [6.07, 6.45) is 1.79. The van der Waals surface area contributed by atoms with Gasteiger partial charge in [-0.25, -0.2) is 4.98 Å². The Kier molecular flexibility index (Phi) is 5.11. The molecule has 5 heteroatoms. The van der Waals surface area contributed by atoms with Crippen LogP contribution in [0.4, 0.5) is 5.13 Å². The molecule has 2 aromatic carbocycles. The van der Waals surface area contributed by atoms with Gasteiger partial charge in [0.15, 0.2) is 16.6 Å². The first-order chi connectivity index (χ1) is 11.3. The van der Waals surface area contributed by atoms with E-state index in [1.165, 1.54) is 0 Å². The molecule has 0 bridgehead atoms. The summed E-state index contributed by atoms with van der Waals surface area (Å²) in [6.45, 7) is 1.22. The molecule has 0 aliphatic heterocycles. The summed E-state index contributed by atoms with van der Waals surface area (Å²) in [5.41, 5.74) is 2.24. The third kappa shape index (κ3) is 4.23. The fourth-order valence-electron chi connectivity index (χ4n) is 2.16. The molecule has 1 aromatic heterocycles. The molecule has 0 saturated carbocycles. The summed E-state index contributed by atoms with van der Waals surface area (Å²) in [5.74, 6) is 1.48. The zero-order valence-corrected chi connectivity index (χ0v) is 13.7. The second-order valence-electron chi connectivity index (χ2n) is 4.95. The monoisotopic (exact) mass is 326 g/mol. The van der Waals surface area contributed by atoms with Crippen LogP contribution in [0.15, 0.2) is 60.1 Å². The van der Waals surface area contributed by atoms with Crippen molar-refractivity contribution in [2.75, 3.05) is 12.4 Å². The van der Waals surface area contributed by atoms with Gasteiger partial charge in [0.2, 0.25) is 0 Å². The minimum absolute atomic E-state index is 0.522. The molecule has 0 fully saturated rings. The van der Waals surface area contributed by atoms with Gasteiger partial charge in [0.1, 0.15) is 6.61 Å². The summed E-state index contributed by atoms with van der Waals surface area (Å²) in [4.78, 5) is 4.21. The fraction of sp³-hybridized carbons (Fsp3) is 0.167. The number of hydrogen-bond donors (Lipinski definition) is 1. The van der Waals surface area contributed by atoms with E-state index in [0.29, 0.717) is 13.2 Å². The van der Waals surface area contributed by atoms with Crippen LogP contribution >= 0.6 is 11.3 Å². The quantitative estimate of drug-likeness (QED) is 0.701. The number of anilines is 1. The molecular formula is C18H18N2O2S. The van der Waals surface area contributed by atoms with Crippen molar-refractivity contribution in [2.24, 2.45) is 0 Å². The summed E-state index contributed by atoms with van der Waals surface area (Å²) in [5, 5.41) is 6.14. The smallest absolute Gasteiger partial charge is 0.182 e. The van der Waals surface area contributed by atoms with Gasteiger partial charge in [0, 0.05) is 18.1 Å². The van der Waals surface area contributed by atoms with Crippen molar-refractivity contribution < 1.29 is 9.47 Å². The Bertz CT molecular complexity index is 730. The first kappa shape index (κ1) is 15.4. The lowest BCUT2D eigenvalue weighted by atomic mass is 10.2. The van der Waals surface area contributed by atoms with Gasteiger partial charge in [-0.2, -0.15) is 0 Å². The van der Waals surface area contributed by atoms with Gasteiger partial charge in [0.25, 0.3) is 0 Å². The number of benzene rings is 2. The minimum atomic E-state index is 0.522. The number of nitrogens with zero attached hydrogens (tertiary/aromatic N) is 1. The highest BCUT2D eigenvalue weighted by Crippen LogP contribution is 2.29. The first-order valence-electron chi connectivity index (χ1n) is 7.32. The van der Waals surface area contributed by atoms with E-state index in [1.807, 2.05) is 53.9 Å². The van der Waals surface area contributed by atoms with E-state index in [0.717, 1.165) is 27.8 Å². The zero-order chi connectivity index (χ0) is 15.9. The van der Waals surface area contributed by atoms with Crippen molar-refractivity contribution in [1.29, 1.82) is 0 Å². The number of aromatic nitrogens is 1. The Morgan fingerprint density at radius 3 is 2.65 bits per heavy atom. The number of rotatable bonds is 7. The van der Waals surface area contributed by atoms with E-state index < -0.39 is 0 Å². The lowest BCUT2D eigenvalue weighted by Crippen LogP contribution is -2.01. The maximum atomic E-state index is 5.86. The van der Waals surface area contributed by atoms with Crippen LogP contribution in [-0.2, 0) is 13.2 Å². The fourth-order valence-corrected chi connectivity index (χ4v) is 2.69. The van der Waals surface area contributed by atoms with Crippen LogP contribution in [0.2, 0.25) is 0 Å². The highest BCUT2D eigenvalue weighted by atomic mass is 32.1. The summed E-state index contributed by atoms with van der Waals surface area (Å²) >= 11 is 1.58. The summed E-state index contributed by atoms with van der Waals surface area (Å²) < 4.78 is 11.3. The molecule has 3 rings (SSSR count). The van der Waals surface area contributed by atoms with Gasteiger partial charge in [-0.15, -0.1) is 11.3 Å². The Morgan fingerprint density at radius 1 is 1.04 bits per heavy atom. The standard InChI is InChI=1S/C18H18N2O2S/c1-21-17-11-15(12-20-18-19-9-10-23-18)7-8-16(17)22-13-14-5-3-2-4-6-14/h2-11H,12-13H2,1H3,(H,19,20). The maximum absolute atomic E-state index is 5.86. The predicted molar refractivity (Wildman–Crippen MR) is 93.2 cm³/mol. The van der Waals surface area contributed by atoms with Gasteiger partial charge in [0.05, 0.1) is 7.11 Å². The molecule has 0 atom stereocenters. The molecule has 0 unspecified atom stereocenters. The highest BCUT2D eigenvalue weighted by Gasteiger charge is 2.06. The normalized spacial score (nSPS) is 10.3. The predicted octanol–water partition coefficient (Wildman–Crippen LogP) is 4.34. The van der Waals surface area contributed by atoms with Gasteiger partial charge in [-0.1, -0.05) is 36.4 Å². The number of thiazole rings is 1. The summed E-state index contributed by atoms with van der Waals surface area (Å²) in [7, 11) is 1.66. The van der Waals surface area contributed by atoms with Crippen LogP contribution in [0.1, 0.15) is 11.1 Å². The molecule has 0 spiro atoms. The first-order valence-corrected chi connectivity index (χ1v) is 8.20. The minimum Gasteiger partial charge on any atom is -0.493 e. The van der Waals surface area contributed by atoms with Crippen molar-refractivity contribution in [3.8, 4) is 11.5 Å². The van der Waals surface area contributed by atoms with E-state index in [-0.39, 0.29) is 0 Å². The van der Waals surface area contributed by atoms with Crippen LogP contribution in [-0.4, -0.2) is 12.1 Å². The van der Waals surface area contributed by atoms with E-state index in [2.05, 4.69) is 10.3 Å². The molecule has 1 N–H and O–H groups in total. The Hall–Kier alpha value is -2.53. The van der Waals surface area contributed by atoms with Crippen LogP contribution in [0, 0.1) is 0 Å². The Balaban J connectivity index is 1.64. The SMILES string of the molecule is COc1cc(CNc2nccs2)ccc1OCc1ccccc1. The van der Waals surface area contributed by atoms with Gasteiger partial charge >= 0.3 is 0 Å². The third-order valence-corrected chi connectivity index (χ3v) is 4.07. The number of hydrogen-bond acceptors (Lipinski definition) is 5. The number of nitrogens with one attached hydrogen (secondary N) is 1. The van der Waals surface area contributed by atoms with Crippen LogP contribution in [0.25, 0.3) is 0 Å². The number of methoxy groups -OCH3 is 1. The lowest BCUT2D eigenvalue weighted by Gasteiger charge is -2.12. The van der Waals surface area contributed by atoms with E-state index >= 15 is 0 Å². The molecule has 23 heavy (non-hydrogen) atoms. The number of ether oxygens (including phenoxy) is 2. The largest absolute Gasteiger partial charge is 0.493 e. The van der Waals surface area contributed by atoms with Gasteiger partial charge in [-0.05, 0) is 23.3 Å². The molecule has 1 heterocycles. The van der Waals surface area contributed by atoms with E-state index in [1.54, 1.807) is 24.6 Å². The molecule has 0 aliphatic carbocycles.